The van der Waals surface area contributed by atoms with E-state index in [4.69, 9.17) is 46.4 Å². The number of aromatic nitrogens is 12. The highest BCUT2D eigenvalue weighted by atomic mass is 35.5. The molecule has 12 nitrogen and oxygen atoms in total. The van der Waals surface area contributed by atoms with Gasteiger partial charge in [0.05, 0.1) is 67.1 Å². The lowest BCUT2D eigenvalue weighted by Gasteiger charge is -2.13. The SMILES string of the molecule is CC(C)n1nnc(-c2cnn(-c3cccc(Cl)c3Cl)c2SSc2c(-c3nnn(C(C)C)n3)cnn2-c2cccc(Cl)c2Cl)n1. The zero-order chi connectivity index (χ0) is 31.1. The molecule has 4 aromatic heterocycles. The van der Waals surface area contributed by atoms with Gasteiger partial charge in [-0.05, 0) is 84.0 Å². The van der Waals surface area contributed by atoms with E-state index < -0.39 is 0 Å². The third-order valence-electron chi connectivity index (χ3n) is 6.23. The zero-order valence-electron chi connectivity index (χ0n) is 23.5. The first-order valence-corrected chi connectivity index (χ1v) is 16.8. The van der Waals surface area contributed by atoms with Gasteiger partial charge in [-0.2, -0.15) is 19.8 Å². The zero-order valence-corrected chi connectivity index (χ0v) is 28.1. The lowest BCUT2D eigenvalue weighted by molar-refractivity contribution is 0.455. The highest BCUT2D eigenvalue weighted by Gasteiger charge is 2.26. The molecule has 0 saturated carbocycles. The second-order valence-corrected chi connectivity index (χ2v) is 13.6. The topological polar surface area (TPSA) is 123 Å². The van der Waals surface area contributed by atoms with Gasteiger partial charge in [0.1, 0.15) is 10.1 Å². The number of benzene rings is 2. The van der Waals surface area contributed by atoms with Gasteiger partial charge in [0.25, 0.3) is 0 Å². The van der Waals surface area contributed by atoms with Crippen LogP contribution in [-0.2, 0) is 0 Å². The van der Waals surface area contributed by atoms with E-state index in [-0.39, 0.29) is 12.1 Å². The summed E-state index contributed by atoms with van der Waals surface area (Å²) in [7, 11) is 2.76. The quantitative estimate of drug-likeness (QED) is 0.137. The Morgan fingerprint density at radius 3 is 1.39 bits per heavy atom. The maximum absolute atomic E-state index is 6.65. The maximum Gasteiger partial charge on any atom is 0.209 e. The van der Waals surface area contributed by atoms with Crippen molar-refractivity contribution in [2.75, 3.05) is 0 Å². The Hall–Kier alpha value is -3.14. The molecule has 0 spiro atoms. The van der Waals surface area contributed by atoms with E-state index in [0.29, 0.717) is 64.3 Å². The molecule has 0 radical (unpaired) electrons. The molecule has 0 unspecified atom stereocenters. The molecule has 0 amide bonds. The molecule has 0 atom stereocenters. The van der Waals surface area contributed by atoms with Gasteiger partial charge in [0.2, 0.25) is 11.6 Å². The summed E-state index contributed by atoms with van der Waals surface area (Å²) in [6.07, 6.45) is 3.34. The van der Waals surface area contributed by atoms with Crippen LogP contribution in [0.25, 0.3) is 34.2 Å². The summed E-state index contributed by atoms with van der Waals surface area (Å²) in [6, 6.07) is 10.7. The fourth-order valence-electron chi connectivity index (χ4n) is 3.98. The van der Waals surface area contributed by atoms with Crippen molar-refractivity contribution < 1.29 is 0 Å². The first-order valence-electron chi connectivity index (χ1n) is 13.1. The van der Waals surface area contributed by atoms with E-state index in [9.17, 15) is 0 Å². The number of halogens is 4. The Balaban J connectivity index is 1.49. The predicted octanol–water partition coefficient (Wildman–Crippen LogP) is 7.94. The summed E-state index contributed by atoms with van der Waals surface area (Å²) in [6.45, 7) is 7.89. The van der Waals surface area contributed by atoms with Gasteiger partial charge in [-0.25, -0.2) is 9.36 Å². The lowest BCUT2D eigenvalue weighted by Crippen LogP contribution is -2.04. The van der Waals surface area contributed by atoms with Crippen LogP contribution in [0.2, 0.25) is 20.1 Å². The number of rotatable bonds is 9. The van der Waals surface area contributed by atoms with Crippen LogP contribution in [0.1, 0.15) is 39.8 Å². The first-order chi connectivity index (χ1) is 21.1. The summed E-state index contributed by atoms with van der Waals surface area (Å²) in [5.74, 6) is 0.804. The van der Waals surface area contributed by atoms with Gasteiger partial charge in [-0.1, -0.05) is 58.5 Å². The van der Waals surface area contributed by atoms with Gasteiger partial charge < -0.3 is 0 Å². The summed E-state index contributed by atoms with van der Waals surface area (Å²) in [5, 5.41) is 38.3. The molecule has 18 heteroatoms. The Bertz CT molecular complexity index is 1820. The van der Waals surface area contributed by atoms with E-state index in [0.717, 1.165) is 0 Å². The summed E-state index contributed by atoms with van der Waals surface area (Å²) in [5.41, 5.74) is 2.45. The van der Waals surface area contributed by atoms with Crippen LogP contribution in [0.5, 0.6) is 0 Å². The first kappa shape index (κ1) is 30.9. The van der Waals surface area contributed by atoms with Crippen LogP contribution in [-0.4, -0.2) is 60.0 Å². The van der Waals surface area contributed by atoms with Crippen molar-refractivity contribution in [3.8, 4) is 34.2 Å². The summed E-state index contributed by atoms with van der Waals surface area (Å²) < 4.78 is 3.38. The van der Waals surface area contributed by atoms with Crippen LogP contribution in [0.4, 0.5) is 0 Å². The van der Waals surface area contributed by atoms with Crippen molar-refractivity contribution in [3.05, 3.63) is 68.9 Å². The second kappa shape index (κ2) is 12.7. The Morgan fingerprint density at radius 1 is 0.614 bits per heavy atom. The van der Waals surface area contributed by atoms with Gasteiger partial charge in [-0.15, -0.1) is 20.4 Å². The highest BCUT2D eigenvalue weighted by molar-refractivity contribution is 8.76. The van der Waals surface area contributed by atoms with Crippen LogP contribution >= 0.6 is 68.0 Å². The molecule has 2 aromatic carbocycles. The van der Waals surface area contributed by atoms with E-state index in [2.05, 4.69) is 41.0 Å². The summed E-state index contributed by atoms with van der Waals surface area (Å²) >= 11 is 26.1. The highest BCUT2D eigenvalue weighted by Crippen LogP contribution is 2.47. The van der Waals surface area contributed by atoms with E-state index in [1.54, 1.807) is 55.6 Å². The Kier molecular flexibility index (Phi) is 8.91. The molecule has 0 aliphatic carbocycles. The molecular formula is C26H22Cl4N12S2. The molecule has 0 aliphatic heterocycles. The molecule has 0 aliphatic rings. The molecule has 0 N–H and O–H groups in total. The minimum absolute atomic E-state index is 0.0188. The van der Waals surface area contributed by atoms with Gasteiger partial charge in [0.15, 0.2) is 0 Å². The fraction of sp³-hybridized carbons (Fsp3) is 0.231. The Labute approximate surface area is 279 Å². The minimum atomic E-state index is 0.0188. The van der Waals surface area contributed by atoms with Crippen molar-refractivity contribution in [1.82, 2.24) is 60.0 Å². The van der Waals surface area contributed by atoms with Crippen LogP contribution in [0, 0.1) is 0 Å². The smallest absolute Gasteiger partial charge is 0.209 e. The summed E-state index contributed by atoms with van der Waals surface area (Å²) in [4.78, 5) is 3.08. The van der Waals surface area contributed by atoms with Crippen molar-refractivity contribution in [2.24, 2.45) is 0 Å². The van der Waals surface area contributed by atoms with Crippen molar-refractivity contribution in [2.45, 2.75) is 49.8 Å². The number of hydrogen-bond donors (Lipinski definition) is 0. The van der Waals surface area contributed by atoms with Gasteiger partial charge in [0, 0.05) is 0 Å². The molecule has 0 fully saturated rings. The molecular weight excluding hydrogens is 686 g/mol. The fourth-order valence-corrected chi connectivity index (χ4v) is 7.22. The van der Waals surface area contributed by atoms with E-state index in [1.165, 1.54) is 21.6 Å². The average Bonchev–Trinajstić information content (AvgIpc) is 3.80. The van der Waals surface area contributed by atoms with Crippen LogP contribution in [0.3, 0.4) is 0 Å². The minimum Gasteiger partial charge on any atom is -0.224 e. The largest absolute Gasteiger partial charge is 0.224 e. The average molecular weight is 708 g/mol. The normalized spacial score (nSPS) is 11.8. The van der Waals surface area contributed by atoms with Crippen molar-refractivity contribution in [1.29, 1.82) is 0 Å². The van der Waals surface area contributed by atoms with Gasteiger partial charge >= 0.3 is 0 Å². The Morgan fingerprint density at radius 2 is 1.02 bits per heavy atom. The molecule has 4 heterocycles. The van der Waals surface area contributed by atoms with Crippen LogP contribution < -0.4 is 0 Å². The number of nitrogens with zero attached hydrogens (tertiary/aromatic N) is 12. The molecule has 6 aromatic rings. The molecule has 0 saturated heterocycles. The van der Waals surface area contributed by atoms with Crippen molar-refractivity contribution >= 4 is 68.0 Å². The predicted molar refractivity (Wildman–Crippen MR) is 173 cm³/mol. The standard InChI is InChI=1S/C26H22Cl4N12S2/c1-13(2)41-35-23(33-37-41)15-11-31-39(19-9-5-7-17(27)21(19)29)25(15)43-44-26-16(24-34-38-42(36-24)14(3)4)12-32-40(26)20-10-6-8-18(28)22(20)30/h5-14H,1-4H3. The monoisotopic (exact) mass is 706 g/mol. The number of hydrogen-bond acceptors (Lipinski definition) is 10. The lowest BCUT2D eigenvalue weighted by atomic mass is 10.3. The maximum atomic E-state index is 6.65. The van der Waals surface area contributed by atoms with E-state index >= 15 is 0 Å². The molecule has 6 rings (SSSR count). The third-order valence-corrected chi connectivity index (χ3v) is 10.2. The van der Waals surface area contributed by atoms with E-state index in [1.807, 2.05) is 39.8 Å². The third kappa shape index (κ3) is 5.82. The van der Waals surface area contributed by atoms with Crippen molar-refractivity contribution in [3.63, 3.8) is 0 Å². The molecule has 44 heavy (non-hydrogen) atoms. The van der Waals surface area contributed by atoms with Crippen LogP contribution in [0.15, 0.2) is 58.8 Å². The second-order valence-electron chi connectivity index (χ2n) is 9.92. The molecule has 226 valence electrons. The number of tetrazole rings is 2. The van der Waals surface area contributed by atoms with Gasteiger partial charge in [-0.3, -0.25) is 0 Å². The molecule has 0 bridgehead atoms.